The molecule has 0 bridgehead atoms. The minimum Gasteiger partial charge on any atom is -0.459 e. The van der Waals surface area contributed by atoms with Gasteiger partial charge in [-0.2, -0.15) is 0 Å². The first kappa shape index (κ1) is 15.6. The normalized spacial score (nSPS) is 10.3. The molecule has 0 saturated carbocycles. The molecule has 0 aromatic heterocycles. The third kappa shape index (κ3) is 5.95. The predicted octanol–water partition coefficient (Wildman–Crippen LogP) is 2.50. The van der Waals surface area contributed by atoms with E-state index in [4.69, 9.17) is 9.47 Å². The zero-order valence-electron chi connectivity index (χ0n) is 11.1. The van der Waals surface area contributed by atoms with Crippen LogP contribution < -0.4 is 0 Å². The van der Waals surface area contributed by atoms with E-state index in [0.29, 0.717) is 5.56 Å². The van der Waals surface area contributed by atoms with Crippen molar-refractivity contribution in [2.75, 3.05) is 13.2 Å². The summed E-state index contributed by atoms with van der Waals surface area (Å²) in [6.45, 7) is 4.85. The SMILES string of the molecule is C=C(C)C(=O)OCCOC(=O)/C=C/c1cccc(F)c1. The Balaban J connectivity index is 2.30. The van der Waals surface area contributed by atoms with E-state index in [1.54, 1.807) is 6.07 Å². The van der Waals surface area contributed by atoms with Gasteiger partial charge in [-0.15, -0.1) is 0 Å². The molecular formula is C15H15FO4. The number of benzene rings is 1. The summed E-state index contributed by atoms with van der Waals surface area (Å²) in [5, 5.41) is 0. The summed E-state index contributed by atoms with van der Waals surface area (Å²) >= 11 is 0. The lowest BCUT2D eigenvalue weighted by molar-refractivity contribution is -0.146. The summed E-state index contributed by atoms with van der Waals surface area (Å²) in [4.78, 5) is 22.3. The Morgan fingerprint density at radius 2 is 2.00 bits per heavy atom. The molecule has 5 heteroatoms. The first-order valence-electron chi connectivity index (χ1n) is 5.92. The third-order valence-electron chi connectivity index (χ3n) is 2.17. The molecule has 0 atom stereocenters. The van der Waals surface area contributed by atoms with Crippen molar-refractivity contribution in [3.8, 4) is 0 Å². The van der Waals surface area contributed by atoms with E-state index in [1.807, 2.05) is 0 Å². The van der Waals surface area contributed by atoms with Gasteiger partial charge < -0.3 is 9.47 Å². The Hall–Kier alpha value is -2.43. The van der Waals surface area contributed by atoms with Crippen LogP contribution in [0.15, 0.2) is 42.5 Å². The summed E-state index contributed by atoms with van der Waals surface area (Å²) in [5.74, 6) is -1.51. The zero-order valence-corrected chi connectivity index (χ0v) is 11.1. The van der Waals surface area contributed by atoms with Gasteiger partial charge in [-0.05, 0) is 30.7 Å². The van der Waals surface area contributed by atoms with Gasteiger partial charge in [-0.1, -0.05) is 18.7 Å². The number of ether oxygens (including phenoxy) is 2. The molecule has 4 nitrogen and oxygen atoms in total. The molecule has 20 heavy (non-hydrogen) atoms. The quantitative estimate of drug-likeness (QED) is 0.456. The van der Waals surface area contributed by atoms with Gasteiger partial charge in [0.25, 0.3) is 0 Å². The highest BCUT2D eigenvalue weighted by Crippen LogP contribution is 2.05. The van der Waals surface area contributed by atoms with Crippen molar-refractivity contribution in [2.45, 2.75) is 6.92 Å². The van der Waals surface area contributed by atoms with Gasteiger partial charge in [0.15, 0.2) is 0 Å². The van der Waals surface area contributed by atoms with Crippen LogP contribution in [0.3, 0.4) is 0 Å². The molecule has 0 fully saturated rings. The third-order valence-corrected chi connectivity index (χ3v) is 2.17. The molecule has 0 N–H and O–H groups in total. The fraction of sp³-hybridized carbons (Fsp3) is 0.200. The molecule has 0 unspecified atom stereocenters. The van der Waals surface area contributed by atoms with Crippen LogP contribution in [0, 0.1) is 5.82 Å². The van der Waals surface area contributed by atoms with E-state index in [1.165, 1.54) is 37.3 Å². The molecule has 106 valence electrons. The maximum Gasteiger partial charge on any atom is 0.333 e. The molecule has 0 aliphatic heterocycles. The summed E-state index contributed by atoms with van der Waals surface area (Å²) in [6.07, 6.45) is 2.61. The largest absolute Gasteiger partial charge is 0.459 e. The van der Waals surface area contributed by atoms with Crippen LogP contribution in [0.25, 0.3) is 6.08 Å². The Bertz CT molecular complexity index is 534. The summed E-state index contributed by atoms with van der Waals surface area (Å²) in [7, 11) is 0. The number of carbonyl (C=O) groups excluding carboxylic acids is 2. The molecule has 1 aromatic rings. The molecule has 0 radical (unpaired) electrons. The van der Waals surface area contributed by atoms with E-state index in [0.717, 1.165) is 0 Å². The first-order valence-corrected chi connectivity index (χ1v) is 5.92. The molecule has 0 spiro atoms. The van der Waals surface area contributed by atoms with Gasteiger partial charge in [-0.25, -0.2) is 14.0 Å². The van der Waals surface area contributed by atoms with Gasteiger partial charge in [0, 0.05) is 11.6 Å². The monoisotopic (exact) mass is 278 g/mol. The highest BCUT2D eigenvalue weighted by Gasteiger charge is 2.03. The van der Waals surface area contributed by atoms with E-state index in [2.05, 4.69) is 6.58 Å². The van der Waals surface area contributed by atoms with Crippen LogP contribution in [-0.2, 0) is 19.1 Å². The summed E-state index contributed by atoms with van der Waals surface area (Å²) in [6, 6.07) is 5.79. The zero-order chi connectivity index (χ0) is 15.0. The van der Waals surface area contributed by atoms with Crippen molar-refractivity contribution in [2.24, 2.45) is 0 Å². The van der Waals surface area contributed by atoms with E-state index in [-0.39, 0.29) is 24.6 Å². The maximum absolute atomic E-state index is 12.9. The molecule has 1 rings (SSSR count). The Labute approximate surface area is 116 Å². The fourth-order valence-corrected chi connectivity index (χ4v) is 1.22. The molecule has 0 aliphatic carbocycles. The van der Waals surface area contributed by atoms with Gasteiger partial charge in [0.1, 0.15) is 19.0 Å². The highest BCUT2D eigenvalue weighted by molar-refractivity contribution is 5.87. The van der Waals surface area contributed by atoms with Gasteiger partial charge in [0.2, 0.25) is 0 Å². The smallest absolute Gasteiger partial charge is 0.333 e. The van der Waals surface area contributed by atoms with Crippen LogP contribution in [0.5, 0.6) is 0 Å². The van der Waals surface area contributed by atoms with E-state index >= 15 is 0 Å². The maximum atomic E-state index is 12.9. The predicted molar refractivity (Wildman–Crippen MR) is 72.2 cm³/mol. The van der Waals surface area contributed by atoms with Crippen LogP contribution in [0.1, 0.15) is 12.5 Å². The molecule has 0 aliphatic rings. The Morgan fingerprint density at radius 3 is 2.65 bits per heavy atom. The van der Waals surface area contributed by atoms with Crippen LogP contribution in [0.2, 0.25) is 0 Å². The standard InChI is InChI=1S/C15H15FO4/c1-11(2)15(18)20-9-8-19-14(17)7-6-12-4-3-5-13(16)10-12/h3-7,10H,1,8-9H2,2H3/b7-6+. The van der Waals surface area contributed by atoms with Crippen molar-refractivity contribution in [1.82, 2.24) is 0 Å². The Kier molecular flexibility index (Phi) is 6.16. The van der Waals surface area contributed by atoms with Crippen molar-refractivity contribution in [1.29, 1.82) is 0 Å². The van der Waals surface area contributed by atoms with Gasteiger partial charge in [0.05, 0.1) is 0 Å². The topological polar surface area (TPSA) is 52.6 Å². The van der Waals surface area contributed by atoms with E-state index < -0.39 is 11.9 Å². The minimum atomic E-state index is -0.597. The number of hydrogen-bond donors (Lipinski definition) is 0. The van der Waals surface area contributed by atoms with Crippen molar-refractivity contribution in [3.63, 3.8) is 0 Å². The second-order valence-corrected chi connectivity index (χ2v) is 3.97. The van der Waals surface area contributed by atoms with Crippen molar-refractivity contribution < 1.29 is 23.5 Å². The first-order chi connectivity index (χ1) is 9.49. The molecule has 0 saturated heterocycles. The number of esters is 2. The number of carbonyl (C=O) groups is 2. The molecule has 0 amide bonds. The average Bonchev–Trinajstić information content (AvgIpc) is 2.41. The second kappa shape index (κ2) is 7.89. The van der Waals surface area contributed by atoms with Crippen LogP contribution in [0.4, 0.5) is 4.39 Å². The molecule has 1 aromatic carbocycles. The fourth-order valence-electron chi connectivity index (χ4n) is 1.22. The lowest BCUT2D eigenvalue weighted by Gasteiger charge is -2.04. The van der Waals surface area contributed by atoms with Gasteiger partial charge in [-0.3, -0.25) is 0 Å². The lowest BCUT2D eigenvalue weighted by atomic mass is 10.2. The number of halogens is 1. The van der Waals surface area contributed by atoms with Crippen molar-refractivity contribution >= 4 is 18.0 Å². The number of hydrogen-bond acceptors (Lipinski definition) is 4. The van der Waals surface area contributed by atoms with Crippen LogP contribution in [-0.4, -0.2) is 25.2 Å². The second-order valence-electron chi connectivity index (χ2n) is 3.97. The lowest BCUT2D eigenvalue weighted by Crippen LogP contribution is -2.12. The minimum absolute atomic E-state index is 0.0365. The van der Waals surface area contributed by atoms with E-state index in [9.17, 15) is 14.0 Å². The number of rotatable bonds is 6. The van der Waals surface area contributed by atoms with Gasteiger partial charge >= 0.3 is 11.9 Å². The van der Waals surface area contributed by atoms with Crippen molar-refractivity contribution in [3.05, 3.63) is 53.9 Å². The summed E-state index contributed by atoms with van der Waals surface area (Å²) in [5.41, 5.74) is 0.831. The average molecular weight is 278 g/mol. The Morgan fingerprint density at radius 1 is 1.30 bits per heavy atom. The van der Waals surface area contributed by atoms with Crippen LogP contribution >= 0.6 is 0 Å². The molecule has 0 heterocycles. The summed E-state index contributed by atoms with van der Waals surface area (Å²) < 4.78 is 22.4. The molecular weight excluding hydrogens is 263 g/mol. The highest BCUT2D eigenvalue weighted by atomic mass is 19.1.